The van der Waals surface area contributed by atoms with Crippen LogP contribution >= 0.6 is 15.9 Å². The van der Waals surface area contributed by atoms with Crippen LogP contribution in [0.1, 0.15) is 43.0 Å². The Morgan fingerprint density at radius 3 is 2.96 bits per heavy atom. The molecule has 4 rings (SSSR count). The van der Waals surface area contributed by atoms with E-state index >= 15 is 0 Å². The van der Waals surface area contributed by atoms with Crippen molar-refractivity contribution < 1.29 is 9.47 Å². The molecule has 126 valence electrons. The fourth-order valence-electron chi connectivity index (χ4n) is 3.97. The quantitative estimate of drug-likeness (QED) is 0.755. The van der Waals surface area contributed by atoms with E-state index in [9.17, 15) is 0 Å². The highest BCUT2D eigenvalue weighted by atomic mass is 79.9. The average molecular weight is 388 g/mol. The Bertz CT molecular complexity index is 733. The lowest BCUT2D eigenvalue weighted by Gasteiger charge is -2.43. The van der Waals surface area contributed by atoms with Crippen molar-refractivity contribution in [1.29, 1.82) is 0 Å². The van der Waals surface area contributed by atoms with Crippen LogP contribution < -0.4 is 10.1 Å². The summed E-state index contributed by atoms with van der Waals surface area (Å²) in [5.41, 5.74) is 3.66. The molecule has 4 heteroatoms. The van der Waals surface area contributed by atoms with Gasteiger partial charge in [0.1, 0.15) is 5.75 Å². The molecule has 0 spiro atoms. The van der Waals surface area contributed by atoms with Gasteiger partial charge in [0, 0.05) is 33.8 Å². The van der Waals surface area contributed by atoms with Crippen molar-refractivity contribution in [3.63, 3.8) is 0 Å². The van der Waals surface area contributed by atoms with Gasteiger partial charge in [0.2, 0.25) is 0 Å². The van der Waals surface area contributed by atoms with Gasteiger partial charge in [-0.15, -0.1) is 0 Å². The third-order valence-electron chi connectivity index (χ3n) is 4.98. The Hall–Kier alpha value is -1.52. The van der Waals surface area contributed by atoms with Crippen LogP contribution in [-0.4, -0.2) is 13.2 Å². The van der Waals surface area contributed by atoms with Crippen LogP contribution in [-0.2, 0) is 4.74 Å². The smallest absolute Gasteiger partial charge is 0.124 e. The molecular formula is C20H22BrNO2. The normalized spacial score (nSPS) is 25.3. The molecule has 0 saturated carbocycles. The molecule has 24 heavy (non-hydrogen) atoms. The SMILES string of the molecule is CCOc1ccccc1C1Nc2ccc(Br)cc2[C@H]2OCCC[C@@H]12. The summed E-state index contributed by atoms with van der Waals surface area (Å²) in [5, 5.41) is 3.76. The van der Waals surface area contributed by atoms with Gasteiger partial charge in [0.15, 0.2) is 0 Å². The zero-order chi connectivity index (χ0) is 16.5. The molecule has 3 atom stereocenters. The van der Waals surface area contributed by atoms with Crippen molar-refractivity contribution in [2.24, 2.45) is 5.92 Å². The number of anilines is 1. The van der Waals surface area contributed by atoms with Gasteiger partial charge >= 0.3 is 0 Å². The lowest BCUT2D eigenvalue weighted by atomic mass is 9.77. The summed E-state index contributed by atoms with van der Waals surface area (Å²) in [6, 6.07) is 15.0. The number of halogens is 1. The van der Waals surface area contributed by atoms with Gasteiger partial charge in [0.05, 0.1) is 18.8 Å². The molecule has 0 bridgehead atoms. The lowest BCUT2D eigenvalue weighted by Crippen LogP contribution is -2.36. The number of ether oxygens (including phenoxy) is 2. The molecule has 2 aromatic rings. The van der Waals surface area contributed by atoms with Crippen LogP contribution in [0.2, 0.25) is 0 Å². The molecule has 2 aliphatic rings. The van der Waals surface area contributed by atoms with Gasteiger partial charge < -0.3 is 14.8 Å². The van der Waals surface area contributed by atoms with Crippen LogP contribution in [0.4, 0.5) is 5.69 Å². The van der Waals surface area contributed by atoms with E-state index in [0.717, 1.165) is 35.4 Å². The topological polar surface area (TPSA) is 30.5 Å². The van der Waals surface area contributed by atoms with Crippen molar-refractivity contribution >= 4 is 21.6 Å². The Balaban J connectivity index is 1.78. The highest BCUT2D eigenvalue weighted by Gasteiger charge is 2.40. The zero-order valence-corrected chi connectivity index (χ0v) is 15.4. The fraction of sp³-hybridized carbons (Fsp3) is 0.400. The highest BCUT2D eigenvalue weighted by Crippen LogP contribution is 2.50. The summed E-state index contributed by atoms with van der Waals surface area (Å²) in [5.74, 6) is 1.39. The molecule has 3 nitrogen and oxygen atoms in total. The minimum Gasteiger partial charge on any atom is -0.494 e. The number of hydrogen-bond acceptors (Lipinski definition) is 3. The number of benzene rings is 2. The summed E-state index contributed by atoms with van der Waals surface area (Å²) >= 11 is 3.60. The number of fused-ring (bicyclic) bond motifs is 3. The first-order chi connectivity index (χ1) is 11.8. The number of hydrogen-bond donors (Lipinski definition) is 1. The Morgan fingerprint density at radius 1 is 1.21 bits per heavy atom. The first-order valence-corrected chi connectivity index (χ1v) is 9.46. The van der Waals surface area contributed by atoms with Crippen molar-refractivity contribution in [2.45, 2.75) is 31.9 Å². The molecular weight excluding hydrogens is 366 g/mol. The minimum absolute atomic E-state index is 0.146. The predicted octanol–water partition coefficient (Wildman–Crippen LogP) is 5.48. The van der Waals surface area contributed by atoms with Crippen molar-refractivity contribution in [1.82, 2.24) is 0 Å². The van der Waals surface area contributed by atoms with Crippen LogP contribution in [0.3, 0.4) is 0 Å². The molecule has 1 saturated heterocycles. The molecule has 2 aliphatic heterocycles. The molecule has 0 aliphatic carbocycles. The van der Waals surface area contributed by atoms with E-state index < -0.39 is 0 Å². The summed E-state index contributed by atoms with van der Waals surface area (Å²) in [4.78, 5) is 0. The molecule has 0 amide bonds. The maximum absolute atomic E-state index is 6.21. The number of para-hydroxylation sites is 1. The van der Waals surface area contributed by atoms with E-state index in [2.05, 4.69) is 57.6 Å². The Morgan fingerprint density at radius 2 is 2.08 bits per heavy atom. The zero-order valence-electron chi connectivity index (χ0n) is 13.8. The Kier molecular flexibility index (Phi) is 4.51. The number of nitrogens with one attached hydrogen (secondary N) is 1. The predicted molar refractivity (Wildman–Crippen MR) is 99.5 cm³/mol. The molecule has 1 unspecified atom stereocenters. The largest absolute Gasteiger partial charge is 0.494 e. The molecule has 0 aromatic heterocycles. The highest BCUT2D eigenvalue weighted by molar-refractivity contribution is 9.10. The van der Waals surface area contributed by atoms with E-state index in [0.29, 0.717) is 12.5 Å². The van der Waals surface area contributed by atoms with Gasteiger partial charge in [-0.2, -0.15) is 0 Å². The van der Waals surface area contributed by atoms with E-state index in [1.807, 2.05) is 13.0 Å². The van der Waals surface area contributed by atoms with Crippen LogP contribution in [0.25, 0.3) is 0 Å². The first-order valence-electron chi connectivity index (χ1n) is 8.67. The summed E-state index contributed by atoms with van der Waals surface area (Å²) in [7, 11) is 0. The van der Waals surface area contributed by atoms with E-state index in [4.69, 9.17) is 9.47 Å². The van der Waals surface area contributed by atoms with Crippen LogP contribution in [0, 0.1) is 5.92 Å². The van der Waals surface area contributed by atoms with Crippen molar-refractivity contribution in [2.75, 3.05) is 18.5 Å². The maximum atomic E-state index is 6.21. The van der Waals surface area contributed by atoms with Gasteiger partial charge in [-0.25, -0.2) is 0 Å². The average Bonchev–Trinajstić information content (AvgIpc) is 2.62. The second-order valence-electron chi connectivity index (χ2n) is 6.42. The van der Waals surface area contributed by atoms with Gasteiger partial charge in [-0.3, -0.25) is 0 Å². The molecule has 2 aromatic carbocycles. The van der Waals surface area contributed by atoms with E-state index in [-0.39, 0.29) is 12.1 Å². The minimum atomic E-state index is 0.146. The Labute approximate surface area is 151 Å². The van der Waals surface area contributed by atoms with Crippen molar-refractivity contribution in [3.8, 4) is 5.75 Å². The van der Waals surface area contributed by atoms with Gasteiger partial charge in [0.25, 0.3) is 0 Å². The first kappa shape index (κ1) is 16.0. The monoisotopic (exact) mass is 387 g/mol. The third-order valence-corrected chi connectivity index (χ3v) is 5.47. The maximum Gasteiger partial charge on any atom is 0.124 e. The fourth-order valence-corrected chi connectivity index (χ4v) is 4.35. The molecule has 1 N–H and O–H groups in total. The van der Waals surface area contributed by atoms with Gasteiger partial charge in [-0.05, 0) is 44.0 Å². The second-order valence-corrected chi connectivity index (χ2v) is 7.34. The summed E-state index contributed by atoms with van der Waals surface area (Å²) in [6.45, 7) is 3.55. The third kappa shape index (κ3) is 2.82. The summed E-state index contributed by atoms with van der Waals surface area (Å²) < 4.78 is 13.2. The second kappa shape index (κ2) is 6.77. The van der Waals surface area contributed by atoms with Crippen molar-refractivity contribution in [3.05, 3.63) is 58.1 Å². The van der Waals surface area contributed by atoms with E-state index in [1.54, 1.807) is 0 Å². The molecule has 0 radical (unpaired) electrons. The number of rotatable bonds is 3. The molecule has 2 heterocycles. The lowest BCUT2D eigenvalue weighted by molar-refractivity contribution is -0.0383. The van der Waals surface area contributed by atoms with Crippen LogP contribution in [0.5, 0.6) is 5.75 Å². The molecule has 1 fully saturated rings. The standard InChI is InChI=1S/C20H22BrNO2/c1-2-23-18-8-4-3-6-14(18)19-15-7-5-11-24-20(15)16-12-13(21)9-10-17(16)22-19/h3-4,6,8-10,12,15,19-20,22H,2,5,7,11H2,1H3/t15-,19?,20-/m0/s1. The van der Waals surface area contributed by atoms with Crippen LogP contribution in [0.15, 0.2) is 46.9 Å². The van der Waals surface area contributed by atoms with E-state index in [1.165, 1.54) is 11.1 Å². The summed E-state index contributed by atoms with van der Waals surface area (Å²) in [6.07, 6.45) is 2.42. The van der Waals surface area contributed by atoms with Gasteiger partial charge in [-0.1, -0.05) is 34.1 Å².